The van der Waals surface area contributed by atoms with Gasteiger partial charge in [0, 0.05) is 8.80 Å². The van der Waals surface area contributed by atoms with E-state index in [2.05, 4.69) is 38.2 Å². The molecular formula is C14H20NiSi. The van der Waals surface area contributed by atoms with Crippen molar-refractivity contribution in [3.05, 3.63) is 54.1 Å². The Hall–Kier alpha value is -0.590. The largest absolute Gasteiger partial charge is 2.00 e. The second kappa shape index (κ2) is 8.55. The number of hydrogen-bond donors (Lipinski definition) is 0. The Balaban J connectivity index is 0.000000318. The van der Waals surface area contributed by atoms with E-state index in [0.29, 0.717) is 0 Å². The fraction of sp³-hybridized carbons (Fsp3) is 0.286. The maximum Gasteiger partial charge on any atom is 2.00 e. The Morgan fingerprint density at radius 2 is 1.81 bits per heavy atom. The van der Waals surface area contributed by atoms with Crippen molar-refractivity contribution in [3.63, 3.8) is 0 Å². The molecule has 2 aromatic carbocycles. The second-order valence-electron chi connectivity index (χ2n) is 3.98. The van der Waals surface area contributed by atoms with Crippen molar-refractivity contribution in [1.29, 1.82) is 0 Å². The maximum atomic E-state index is 2.38. The third kappa shape index (κ3) is 4.96. The van der Waals surface area contributed by atoms with Gasteiger partial charge in [0.25, 0.3) is 0 Å². The first-order valence-corrected chi connectivity index (χ1v) is 8.55. The van der Waals surface area contributed by atoms with Gasteiger partial charge in [0.2, 0.25) is 0 Å². The van der Waals surface area contributed by atoms with Gasteiger partial charge in [0.15, 0.2) is 0 Å². The summed E-state index contributed by atoms with van der Waals surface area (Å²) in [5, 5.41) is 1.66. The predicted octanol–water partition coefficient (Wildman–Crippen LogP) is 3.06. The molecule has 0 nitrogen and oxygen atoms in total. The van der Waals surface area contributed by atoms with Crippen molar-refractivity contribution in [3.8, 4) is 0 Å². The number of aryl methyl sites for hydroxylation is 1. The number of rotatable bonds is 2. The van der Waals surface area contributed by atoms with Gasteiger partial charge < -0.3 is 0 Å². The molecule has 0 saturated heterocycles. The van der Waals surface area contributed by atoms with Gasteiger partial charge in [-0.15, -0.1) is 0 Å². The summed E-state index contributed by atoms with van der Waals surface area (Å²) in [5.74, 6) is 0. The minimum Gasteiger partial charge on any atom is -0.214 e. The maximum absolute atomic E-state index is 2.38. The molecule has 16 heavy (non-hydrogen) atoms. The van der Waals surface area contributed by atoms with Crippen LogP contribution >= 0.6 is 0 Å². The van der Waals surface area contributed by atoms with E-state index >= 15 is 0 Å². The molecule has 0 amide bonds. The van der Waals surface area contributed by atoms with Gasteiger partial charge in [-0.3, -0.25) is 0 Å². The third-order valence-corrected chi connectivity index (χ3v) is 4.31. The smallest absolute Gasteiger partial charge is 0.214 e. The Bertz CT molecular complexity index is 329. The van der Waals surface area contributed by atoms with Crippen LogP contribution in [0.3, 0.4) is 0 Å². The monoisotopic (exact) mass is 274 g/mol. The first kappa shape index (κ1) is 15.4. The molecule has 0 aliphatic rings. The Labute approximate surface area is 111 Å². The van der Waals surface area contributed by atoms with Crippen LogP contribution in [0.5, 0.6) is 0 Å². The zero-order chi connectivity index (χ0) is 11.1. The van der Waals surface area contributed by atoms with Gasteiger partial charge >= 0.3 is 16.5 Å². The normalized spacial score (nSPS) is 9.25. The summed E-state index contributed by atoms with van der Waals surface area (Å²) >= 11 is 0. The molecule has 2 heteroatoms. The fourth-order valence-electron chi connectivity index (χ4n) is 1.68. The molecule has 0 unspecified atom stereocenters. The summed E-state index contributed by atoms with van der Waals surface area (Å²) in [6.07, 6.45) is 1.20. The van der Waals surface area contributed by atoms with Gasteiger partial charge in [-0.1, -0.05) is 26.4 Å². The summed E-state index contributed by atoms with van der Waals surface area (Å²) < 4.78 is 0. The van der Waals surface area contributed by atoms with Crippen LogP contribution in [-0.2, 0) is 22.9 Å². The third-order valence-electron chi connectivity index (χ3n) is 2.50. The summed E-state index contributed by atoms with van der Waals surface area (Å²) in [7, 11) is -0.537. The van der Waals surface area contributed by atoms with Crippen molar-refractivity contribution in [2.75, 3.05) is 0 Å². The van der Waals surface area contributed by atoms with Crippen LogP contribution in [0.2, 0.25) is 13.1 Å². The first-order chi connectivity index (χ1) is 7.25. The van der Waals surface area contributed by atoms with Crippen LogP contribution in [0.4, 0.5) is 0 Å². The van der Waals surface area contributed by atoms with Crippen LogP contribution < -0.4 is 5.19 Å². The second-order valence-corrected chi connectivity index (χ2v) is 6.91. The van der Waals surface area contributed by atoms with Crippen molar-refractivity contribution in [1.82, 2.24) is 0 Å². The van der Waals surface area contributed by atoms with E-state index in [9.17, 15) is 0 Å². The Kier molecular flexibility index (Phi) is 8.23. The van der Waals surface area contributed by atoms with Gasteiger partial charge in [-0.25, -0.2) is 24.3 Å². The SMILES string of the molecule is CCc1ccc[c-]1[SiH](C)C.[Ni+2].c1cc[cH-]c1. The molecule has 0 saturated carbocycles. The van der Waals surface area contributed by atoms with Crippen molar-refractivity contribution in [2.24, 2.45) is 0 Å². The molecule has 0 aromatic heterocycles. The topological polar surface area (TPSA) is 0 Å². The zero-order valence-corrected chi connectivity index (χ0v) is 12.4. The molecule has 90 valence electrons. The summed E-state index contributed by atoms with van der Waals surface area (Å²) in [6, 6.07) is 16.7. The number of hydrogen-bond acceptors (Lipinski definition) is 0. The molecule has 0 bridgehead atoms. The van der Waals surface area contributed by atoms with Crippen molar-refractivity contribution < 1.29 is 16.5 Å². The van der Waals surface area contributed by atoms with Crippen LogP contribution in [0.1, 0.15) is 12.5 Å². The zero-order valence-electron chi connectivity index (χ0n) is 10.2. The van der Waals surface area contributed by atoms with Crippen LogP contribution in [0.25, 0.3) is 0 Å². The molecule has 0 heterocycles. The van der Waals surface area contributed by atoms with E-state index in [-0.39, 0.29) is 16.5 Å². The molecule has 0 aliphatic carbocycles. The Morgan fingerprint density at radius 3 is 2.12 bits per heavy atom. The van der Waals surface area contributed by atoms with E-state index in [4.69, 9.17) is 0 Å². The standard InChI is InChI=1S/C9H15Si.C5H5.Ni/c1-4-8-6-5-7-9(8)10(2)3;1-2-4-5-3-1;/h5-7,10H,4H2,1-3H3;1-5H;/q2*-1;+2. The van der Waals surface area contributed by atoms with Crippen molar-refractivity contribution in [2.45, 2.75) is 26.4 Å². The molecule has 2 rings (SSSR count). The average Bonchev–Trinajstić information content (AvgIpc) is 2.92. The fourth-order valence-corrected chi connectivity index (χ4v) is 3.22. The Morgan fingerprint density at radius 1 is 1.19 bits per heavy atom. The van der Waals surface area contributed by atoms with Crippen LogP contribution in [0, 0.1) is 0 Å². The minimum atomic E-state index is -0.537. The molecule has 0 fully saturated rings. The van der Waals surface area contributed by atoms with Gasteiger partial charge in [-0.05, 0) is 0 Å². The predicted molar refractivity (Wildman–Crippen MR) is 72.0 cm³/mol. The van der Waals surface area contributed by atoms with E-state index in [1.807, 2.05) is 30.3 Å². The van der Waals surface area contributed by atoms with Crippen LogP contribution in [-0.4, -0.2) is 8.80 Å². The molecule has 2 aromatic rings. The van der Waals surface area contributed by atoms with E-state index < -0.39 is 8.80 Å². The molecule has 0 N–H and O–H groups in total. The molecule has 0 radical (unpaired) electrons. The molecular weight excluding hydrogens is 255 g/mol. The first-order valence-electron chi connectivity index (χ1n) is 5.66. The van der Waals surface area contributed by atoms with Gasteiger partial charge in [0.05, 0.1) is 0 Å². The van der Waals surface area contributed by atoms with E-state index in [1.165, 1.54) is 6.42 Å². The summed E-state index contributed by atoms with van der Waals surface area (Å²) in [4.78, 5) is 0. The molecule has 0 aliphatic heterocycles. The summed E-state index contributed by atoms with van der Waals surface area (Å²) in [5.41, 5.74) is 1.57. The van der Waals surface area contributed by atoms with E-state index in [0.717, 1.165) is 0 Å². The van der Waals surface area contributed by atoms with Gasteiger partial charge in [-0.2, -0.15) is 35.0 Å². The minimum absolute atomic E-state index is 0. The molecule has 0 atom stereocenters. The quantitative estimate of drug-likeness (QED) is 0.583. The van der Waals surface area contributed by atoms with Gasteiger partial charge in [0.1, 0.15) is 0 Å². The van der Waals surface area contributed by atoms with Crippen LogP contribution in [0.15, 0.2) is 48.5 Å². The summed E-state index contributed by atoms with van der Waals surface area (Å²) in [6.45, 7) is 7.00. The average molecular weight is 275 g/mol. The molecule has 0 spiro atoms. The van der Waals surface area contributed by atoms with E-state index in [1.54, 1.807) is 10.8 Å². The van der Waals surface area contributed by atoms with Crippen molar-refractivity contribution >= 4 is 14.0 Å².